The summed E-state index contributed by atoms with van der Waals surface area (Å²) in [6, 6.07) is 7.73. The molecule has 6 nitrogen and oxygen atoms in total. The Morgan fingerprint density at radius 2 is 2.17 bits per heavy atom. The molecule has 1 aromatic carbocycles. The molecule has 2 aromatic rings. The molecule has 1 aromatic heterocycles. The number of rotatable bonds is 4. The zero-order valence-corrected chi connectivity index (χ0v) is 9.53. The van der Waals surface area contributed by atoms with E-state index in [0.717, 1.165) is 0 Å². The number of carbonyl (C=O) groups is 1. The summed E-state index contributed by atoms with van der Waals surface area (Å²) >= 11 is 0. The Bertz CT molecular complexity index is 557. The molecular formula is C12H10N2O4. The Morgan fingerprint density at radius 1 is 1.33 bits per heavy atom. The van der Waals surface area contributed by atoms with Gasteiger partial charge in [-0.3, -0.25) is 0 Å². The molecule has 0 unspecified atom stereocenters. The van der Waals surface area contributed by atoms with E-state index in [9.17, 15) is 4.79 Å². The van der Waals surface area contributed by atoms with E-state index < -0.39 is 5.97 Å². The summed E-state index contributed by atoms with van der Waals surface area (Å²) in [5, 5.41) is 16.5. The van der Waals surface area contributed by atoms with Gasteiger partial charge in [-0.2, -0.15) is 5.10 Å². The number of ether oxygens (including phenoxy) is 2. The van der Waals surface area contributed by atoms with Crippen molar-refractivity contribution in [1.82, 2.24) is 10.2 Å². The van der Waals surface area contributed by atoms with Crippen molar-refractivity contribution in [1.29, 1.82) is 0 Å². The Morgan fingerprint density at radius 3 is 2.78 bits per heavy atom. The lowest BCUT2D eigenvalue weighted by atomic mass is 10.2. The monoisotopic (exact) mass is 246 g/mol. The van der Waals surface area contributed by atoms with E-state index in [2.05, 4.69) is 10.2 Å². The fourth-order valence-electron chi connectivity index (χ4n) is 1.35. The first-order valence-corrected chi connectivity index (χ1v) is 5.07. The number of hydrogen-bond acceptors (Lipinski definition) is 5. The first kappa shape index (κ1) is 11.8. The first-order chi connectivity index (χ1) is 8.70. The van der Waals surface area contributed by atoms with Gasteiger partial charge in [-0.25, -0.2) is 4.79 Å². The van der Waals surface area contributed by atoms with Crippen LogP contribution >= 0.6 is 0 Å². The lowest BCUT2D eigenvalue weighted by Gasteiger charge is -2.08. The second kappa shape index (κ2) is 5.13. The second-order valence-electron chi connectivity index (χ2n) is 3.33. The van der Waals surface area contributed by atoms with Gasteiger partial charge < -0.3 is 14.6 Å². The third-order valence-electron chi connectivity index (χ3n) is 2.18. The molecule has 18 heavy (non-hydrogen) atoms. The number of aromatic carboxylic acids is 1. The molecule has 0 atom stereocenters. The number of carboxylic acids is 1. The van der Waals surface area contributed by atoms with Crippen LogP contribution in [0.3, 0.4) is 0 Å². The van der Waals surface area contributed by atoms with Crippen molar-refractivity contribution in [3.8, 4) is 17.4 Å². The number of aromatic nitrogens is 2. The van der Waals surface area contributed by atoms with Crippen LogP contribution in [0.15, 0.2) is 36.5 Å². The third kappa shape index (κ3) is 2.54. The smallest absolute Gasteiger partial charge is 0.339 e. The Hall–Kier alpha value is -2.63. The molecule has 0 aliphatic heterocycles. The van der Waals surface area contributed by atoms with Crippen molar-refractivity contribution in [3.63, 3.8) is 0 Å². The van der Waals surface area contributed by atoms with E-state index in [0.29, 0.717) is 5.75 Å². The van der Waals surface area contributed by atoms with E-state index in [1.54, 1.807) is 18.2 Å². The molecular weight excluding hydrogens is 236 g/mol. The summed E-state index contributed by atoms with van der Waals surface area (Å²) in [5.74, 6) is -0.249. The lowest BCUT2D eigenvalue weighted by molar-refractivity contribution is 0.0693. The molecule has 0 saturated heterocycles. The van der Waals surface area contributed by atoms with Crippen LogP contribution in [0.4, 0.5) is 0 Å². The lowest BCUT2D eigenvalue weighted by Crippen LogP contribution is -2.01. The SMILES string of the molecule is COc1ccc(Oc2cccnn2)c(C(=O)O)c1. The van der Waals surface area contributed by atoms with E-state index in [-0.39, 0.29) is 17.2 Å². The predicted octanol–water partition coefficient (Wildman–Crippen LogP) is 1.98. The summed E-state index contributed by atoms with van der Waals surface area (Å²) < 4.78 is 10.3. The zero-order chi connectivity index (χ0) is 13.0. The normalized spacial score (nSPS) is 9.83. The first-order valence-electron chi connectivity index (χ1n) is 5.07. The molecule has 2 rings (SSSR count). The topological polar surface area (TPSA) is 81.5 Å². The van der Waals surface area contributed by atoms with Gasteiger partial charge in [0, 0.05) is 12.3 Å². The molecule has 0 fully saturated rings. The van der Waals surface area contributed by atoms with Gasteiger partial charge in [0.05, 0.1) is 7.11 Å². The van der Waals surface area contributed by atoms with Gasteiger partial charge >= 0.3 is 5.97 Å². The number of methoxy groups -OCH3 is 1. The Labute approximate surface area is 103 Å². The van der Waals surface area contributed by atoms with Crippen LogP contribution in [0.1, 0.15) is 10.4 Å². The minimum Gasteiger partial charge on any atom is -0.497 e. The van der Waals surface area contributed by atoms with Crippen molar-refractivity contribution in [2.45, 2.75) is 0 Å². The van der Waals surface area contributed by atoms with Gasteiger partial charge in [-0.15, -0.1) is 5.10 Å². The highest BCUT2D eigenvalue weighted by molar-refractivity contribution is 5.91. The average molecular weight is 246 g/mol. The van der Waals surface area contributed by atoms with Crippen LogP contribution in [0.5, 0.6) is 17.4 Å². The van der Waals surface area contributed by atoms with Crippen molar-refractivity contribution >= 4 is 5.97 Å². The third-order valence-corrected chi connectivity index (χ3v) is 2.18. The van der Waals surface area contributed by atoms with Crippen LogP contribution in [0.25, 0.3) is 0 Å². The van der Waals surface area contributed by atoms with E-state index in [4.69, 9.17) is 14.6 Å². The molecule has 0 bridgehead atoms. The summed E-state index contributed by atoms with van der Waals surface area (Å²) in [5.41, 5.74) is 0.00000283. The molecule has 92 valence electrons. The van der Waals surface area contributed by atoms with Crippen LogP contribution < -0.4 is 9.47 Å². The highest BCUT2D eigenvalue weighted by Gasteiger charge is 2.14. The van der Waals surface area contributed by atoms with Gasteiger partial charge in [0.15, 0.2) is 0 Å². The van der Waals surface area contributed by atoms with Crippen LogP contribution in [0, 0.1) is 0 Å². The Kier molecular flexibility index (Phi) is 3.38. The van der Waals surface area contributed by atoms with Gasteiger partial charge in [0.2, 0.25) is 5.88 Å². The molecule has 0 amide bonds. The summed E-state index contributed by atoms with van der Waals surface area (Å²) in [6.07, 6.45) is 1.50. The molecule has 1 N–H and O–H groups in total. The predicted molar refractivity (Wildman–Crippen MR) is 62.1 cm³/mol. The number of nitrogens with zero attached hydrogens (tertiary/aromatic N) is 2. The molecule has 0 aliphatic rings. The van der Waals surface area contributed by atoms with Crippen molar-refractivity contribution < 1.29 is 19.4 Å². The van der Waals surface area contributed by atoms with E-state index >= 15 is 0 Å². The summed E-state index contributed by atoms with van der Waals surface area (Å²) in [4.78, 5) is 11.1. The highest BCUT2D eigenvalue weighted by atomic mass is 16.5. The quantitative estimate of drug-likeness (QED) is 0.888. The molecule has 0 saturated carbocycles. The minimum atomic E-state index is -1.10. The average Bonchev–Trinajstić information content (AvgIpc) is 2.40. The zero-order valence-electron chi connectivity index (χ0n) is 9.53. The molecule has 1 heterocycles. The maximum Gasteiger partial charge on any atom is 0.339 e. The summed E-state index contributed by atoms with van der Waals surface area (Å²) in [7, 11) is 1.46. The van der Waals surface area contributed by atoms with Gasteiger partial charge in [0.25, 0.3) is 0 Å². The largest absolute Gasteiger partial charge is 0.497 e. The molecule has 0 radical (unpaired) electrons. The molecule has 0 aliphatic carbocycles. The molecule has 0 spiro atoms. The Balaban J connectivity index is 2.35. The number of hydrogen-bond donors (Lipinski definition) is 1. The minimum absolute atomic E-state index is 0.00000283. The maximum absolute atomic E-state index is 11.1. The second-order valence-corrected chi connectivity index (χ2v) is 3.33. The fraction of sp³-hybridized carbons (Fsp3) is 0.0833. The summed E-state index contributed by atoms with van der Waals surface area (Å²) in [6.45, 7) is 0. The van der Waals surface area contributed by atoms with Crippen LogP contribution in [-0.4, -0.2) is 28.4 Å². The van der Waals surface area contributed by atoms with Gasteiger partial charge in [-0.1, -0.05) is 0 Å². The fourth-order valence-corrected chi connectivity index (χ4v) is 1.35. The van der Waals surface area contributed by atoms with Crippen LogP contribution in [0.2, 0.25) is 0 Å². The van der Waals surface area contributed by atoms with Crippen LogP contribution in [-0.2, 0) is 0 Å². The number of benzene rings is 1. The van der Waals surface area contributed by atoms with Crippen molar-refractivity contribution in [2.24, 2.45) is 0 Å². The standard InChI is InChI=1S/C12H10N2O4/c1-17-8-4-5-10(9(7-8)12(15)16)18-11-3-2-6-13-14-11/h2-7H,1H3,(H,15,16). The maximum atomic E-state index is 11.1. The van der Waals surface area contributed by atoms with E-state index in [1.165, 1.54) is 25.4 Å². The molecule has 6 heteroatoms. The van der Waals surface area contributed by atoms with Crippen molar-refractivity contribution in [2.75, 3.05) is 7.11 Å². The van der Waals surface area contributed by atoms with Gasteiger partial charge in [-0.05, 0) is 24.3 Å². The van der Waals surface area contributed by atoms with E-state index in [1.807, 2.05) is 0 Å². The highest BCUT2D eigenvalue weighted by Crippen LogP contribution is 2.27. The van der Waals surface area contributed by atoms with Gasteiger partial charge in [0.1, 0.15) is 17.1 Å². The van der Waals surface area contributed by atoms with Crippen molar-refractivity contribution in [3.05, 3.63) is 42.1 Å². The number of carboxylic acid groups (broad SMARTS) is 1.